The number of sulfonamides is 1. The van der Waals surface area contributed by atoms with E-state index in [1.54, 1.807) is 38.1 Å². The molecule has 0 aliphatic rings. The van der Waals surface area contributed by atoms with Gasteiger partial charge in [-0.3, -0.25) is 9.10 Å². The van der Waals surface area contributed by atoms with Gasteiger partial charge in [-0.05, 0) is 55.3 Å². The van der Waals surface area contributed by atoms with E-state index in [4.69, 9.17) is 11.6 Å². The van der Waals surface area contributed by atoms with Crippen molar-refractivity contribution in [2.45, 2.75) is 24.9 Å². The minimum absolute atomic E-state index is 0.196. The molecule has 1 amide bonds. The molecule has 0 atom stereocenters. The summed E-state index contributed by atoms with van der Waals surface area (Å²) in [5.41, 5.74) is 0.447. The number of carbonyl (C=O) groups is 1. The van der Waals surface area contributed by atoms with Crippen LogP contribution in [0.4, 0.5) is 24.5 Å². The summed E-state index contributed by atoms with van der Waals surface area (Å²) in [6.07, 6.45) is -4.73. The summed E-state index contributed by atoms with van der Waals surface area (Å²) >= 11 is 6.12. The number of halogens is 4. The minimum atomic E-state index is -4.73. The zero-order valence-corrected chi connectivity index (χ0v) is 19.2. The summed E-state index contributed by atoms with van der Waals surface area (Å²) in [6, 6.07) is 14.8. The van der Waals surface area contributed by atoms with E-state index in [0.717, 1.165) is 23.3 Å². The maximum atomic E-state index is 13.4. The van der Waals surface area contributed by atoms with E-state index in [1.165, 1.54) is 24.3 Å². The Bertz CT molecular complexity index is 1260. The Morgan fingerprint density at radius 1 is 0.970 bits per heavy atom. The van der Waals surface area contributed by atoms with Crippen LogP contribution < -0.4 is 9.62 Å². The maximum Gasteiger partial charge on any atom is 0.416 e. The van der Waals surface area contributed by atoms with E-state index < -0.39 is 39.9 Å². The number of anilines is 2. The second kappa shape index (κ2) is 9.44. The van der Waals surface area contributed by atoms with E-state index in [1.807, 2.05) is 0 Å². The average molecular weight is 497 g/mol. The van der Waals surface area contributed by atoms with Crippen molar-refractivity contribution in [1.29, 1.82) is 0 Å². The van der Waals surface area contributed by atoms with Gasteiger partial charge in [-0.25, -0.2) is 8.42 Å². The fraction of sp³-hybridized carbons (Fsp3) is 0.174. The molecule has 10 heteroatoms. The number of carbonyl (C=O) groups excluding carboxylic acids is 1. The van der Waals surface area contributed by atoms with Crippen molar-refractivity contribution in [3.8, 4) is 0 Å². The van der Waals surface area contributed by atoms with E-state index in [0.29, 0.717) is 16.1 Å². The Morgan fingerprint density at radius 3 is 2.15 bits per heavy atom. The lowest BCUT2D eigenvalue weighted by Gasteiger charge is -2.26. The van der Waals surface area contributed by atoms with Crippen LogP contribution in [0, 0.1) is 13.8 Å². The number of para-hydroxylation sites is 1. The molecule has 3 aromatic carbocycles. The molecule has 0 spiro atoms. The molecule has 0 radical (unpaired) electrons. The SMILES string of the molecule is Cc1cccc(C)c1NC(=O)CN(c1cc(C(F)(F)F)ccc1Cl)S(=O)(=O)c1ccccc1. The second-order valence-electron chi connectivity index (χ2n) is 7.30. The molecule has 0 unspecified atom stereocenters. The lowest BCUT2D eigenvalue weighted by atomic mass is 10.1. The minimum Gasteiger partial charge on any atom is -0.324 e. The number of alkyl halides is 3. The van der Waals surface area contributed by atoms with Crippen LogP contribution in [0.1, 0.15) is 16.7 Å². The highest BCUT2D eigenvalue weighted by Crippen LogP contribution is 2.37. The van der Waals surface area contributed by atoms with Gasteiger partial charge < -0.3 is 5.32 Å². The molecule has 0 saturated carbocycles. The molecular weight excluding hydrogens is 477 g/mol. The smallest absolute Gasteiger partial charge is 0.324 e. The Kier molecular flexibility index (Phi) is 7.04. The highest BCUT2D eigenvalue weighted by atomic mass is 35.5. The van der Waals surface area contributed by atoms with Gasteiger partial charge in [-0.15, -0.1) is 0 Å². The number of aryl methyl sites for hydroxylation is 2. The Hall–Kier alpha value is -3.04. The molecule has 0 heterocycles. The predicted octanol–water partition coefficient (Wildman–Crippen LogP) is 5.81. The number of hydrogen-bond donors (Lipinski definition) is 1. The number of nitrogens with zero attached hydrogens (tertiary/aromatic N) is 1. The van der Waals surface area contributed by atoms with Crippen LogP contribution in [-0.4, -0.2) is 20.9 Å². The van der Waals surface area contributed by atoms with Gasteiger partial charge in [0.15, 0.2) is 0 Å². The molecule has 1 N–H and O–H groups in total. The first-order valence-electron chi connectivity index (χ1n) is 9.72. The van der Waals surface area contributed by atoms with Crippen LogP contribution in [0.15, 0.2) is 71.6 Å². The van der Waals surface area contributed by atoms with Crippen LogP contribution in [0.3, 0.4) is 0 Å². The van der Waals surface area contributed by atoms with Gasteiger partial charge >= 0.3 is 6.18 Å². The van der Waals surface area contributed by atoms with Crippen LogP contribution in [0.2, 0.25) is 5.02 Å². The molecule has 33 heavy (non-hydrogen) atoms. The molecule has 3 rings (SSSR count). The molecule has 0 saturated heterocycles. The lowest BCUT2D eigenvalue weighted by molar-refractivity contribution is -0.137. The summed E-state index contributed by atoms with van der Waals surface area (Å²) in [6.45, 7) is 2.75. The first-order chi connectivity index (χ1) is 15.4. The number of amides is 1. The summed E-state index contributed by atoms with van der Waals surface area (Å²) in [5, 5.41) is 2.41. The van der Waals surface area contributed by atoms with Crippen molar-refractivity contribution in [3.05, 3.63) is 88.4 Å². The zero-order valence-electron chi connectivity index (χ0n) is 17.7. The monoisotopic (exact) mass is 496 g/mol. The van der Waals surface area contributed by atoms with Gasteiger partial charge in [0.1, 0.15) is 6.54 Å². The Labute approximate surface area is 194 Å². The Balaban J connectivity index is 2.08. The topological polar surface area (TPSA) is 66.5 Å². The Morgan fingerprint density at radius 2 is 1.58 bits per heavy atom. The third-order valence-electron chi connectivity index (χ3n) is 4.91. The quantitative estimate of drug-likeness (QED) is 0.468. The van der Waals surface area contributed by atoms with E-state index >= 15 is 0 Å². The summed E-state index contributed by atoms with van der Waals surface area (Å²) in [4.78, 5) is 12.7. The highest BCUT2D eigenvalue weighted by molar-refractivity contribution is 7.92. The molecule has 0 bridgehead atoms. The summed E-state index contributed by atoms with van der Waals surface area (Å²) < 4.78 is 67.3. The van der Waals surface area contributed by atoms with E-state index in [-0.39, 0.29) is 9.92 Å². The standard InChI is InChI=1S/C23H20ClF3N2O3S/c1-15-7-6-8-16(2)22(15)28-21(30)14-29(33(31,32)18-9-4-3-5-10-18)20-13-17(23(25,26)27)11-12-19(20)24/h3-13H,14H2,1-2H3,(H,28,30). The first kappa shape index (κ1) is 24.6. The van der Waals surface area contributed by atoms with Gasteiger partial charge in [0.25, 0.3) is 10.0 Å². The van der Waals surface area contributed by atoms with Gasteiger partial charge in [0, 0.05) is 5.69 Å². The van der Waals surface area contributed by atoms with Crippen molar-refractivity contribution in [2.75, 3.05) is 16.2 Å². The number of nitrogens with one attached hydrogen (secondary N) is 1. The van der Waals surface area contributed by atoms with E-state index in [9.17, 15) is 26.4 Å². The number of rotatable bonds is 6. The van der Waals surface area contributed by atoms with Crippen LogP contribution in [-0.2, 0) is 21.0 Å². The third-order valence-corrected chi connectivity index (χ3v) is 7.00. The molecule has 0 aromatic heterocycles. The van der Waals surface area contributed by atoms with Gasteiger partial charge in [0.2, 0.25) is 5.91 Å². The van der Waals surface area contributed by atoms with Crippen molar-refractivity contribution < 1.29 is 26.4 Å². The second-order valence-corrected chi connectivity index (χ2v) is 9.57. The largest absolute Gasteiger partial charge is 0.416 e. The highest BCUT2D eigenvalue weighted by Gasteiger charge is 2.34. The summed E-state index contributed by atoms with van der Waals surface area (Å²) in [7, 11) is -4.43. The van der Waals surface area contributed by atoms with Crippen LogP contribution >= 0.6 is 11.6 Å². The third kappa shape index (κ3) is 5.48. The van der Waals surface area contributed by atoms with E-state index in [2.05, 4.69) is 5.32 Å². The van der Waals surface area contributed by atoms with Gasteiger partial charge in [0.05, 0.1) is 21.2 Å². The van der Waals surface area contributed by atoms with Crippen molar-refractivity contribution in [3.63, 3.8) is 0 Å². The van der Waals surface area contributed by atoms with Crippen molar-refractivity contribution in [2.24, 2.45) is 0 Å². The molecule has 0 aliphatic carbocycles. The van der Waals surface area contributed by atoms with Crippen molar-refractivity contribution in [1.82, 2.24) is 0 Å². The fourth-order valence-corrected chi connectivity index (χ4v) is 4.94. The molecule has 3 aromatic rings. The van der Waals surface area contributed by atoms with Crippen LogP contribution in [0.5, 0.6) is 0 Å². The van der Waals surface area contributed by atoms with Gasteiger partial charge in [-0.1, -0.05) is 48.0 Å². The normalized spacial score (nSPS) is 11.8. The lowest BCUT2D eigenvalue weighted by Crippen LogP contribution is -2.38. The fourth-order valence-electron chi connectivity index (χ4n) is 3.22. The number of hydrogen-bond acceptors (Lipinski definition) is 3. The molecular formula is C23H20ClF3N2O3S. The molecule has 0 fully saturated rings. The summed E-state index contributed by atoms with van der Waals surface area (Å²) in [5.74, 6) is -0.736. The van der Waals surface area contributed by atoms with Crippen molar-refractivity contribution >= 4 is 38.9 Å². The predicted molar refractivity (Wildman–Crippen MR) is 122 cm³/mol. The zero-order chi connectivity index (χ0) is 24.4. The molecule has 0 aliphatic heterocycles. The molecule has 174 valence electrons. The molecule has 5 nitrogen and oxygen atoms in total. The van der Waals surface area contributed by atoms with Gasteiger partial charge in [-0.2, -0.15) is 13.2 Å². The number of benzene rings is 3. The average Bonchev–Trinajstić information content (AvgIpc) is 2.75. The first-order valence-corrected chi connectivity index (χ1v) is 11.5. The van der Waals surface area contributed by atoms with Crippen LogP contribution in [0.25, 0.3) is 0 Å². The maximum absolute atomic E-state index is 13.4.